The molecule has 0 radical (unpaired) electrons. The number of nitrogens with one attached hydrogen (secondary N) is 2. The Hall–Kier alpha value is -3.43. The van der Waals surface area contributed by atoms with Crippen molar-refractivity contribution in [2.24, 2.45) is 0 Å². The number of hydrogen-bond donors (Lipinski definition) is 2. The average Bonchev–Trinajstić information content (AvgIpc) is 3.35. The molecule has 2 aromatic carbocycles. The molecule has 0 fully saturated rings. The fraction of sp³-hybridized carbons (Fsp3) is 0.217. The Kier molecular flexibility index (Phi) is 7.54. The number of amides is 1. The minimum atomic E-state index is -0.0156. The Balaban J connectivity index is 1.49. The van der Waals surface area contributed by atoms with Gasteiger partial charge in [-0.1, -0.05) is 24.6 Å². The maximum atomic E-state index is 11.4. The van der Waals surface area contributed by atoms with Gasteiger partial charge in [-0.2, -0.15) is 0 Å². The van der Waals surface area contributed by atoms with Gasteiger partial charge in [0.2, 0.25) is 5.91 Å². The van der Waals surface area contributed by atoms with Crippen molar-refractivity contribution in [2.75, 3.05) is 18.5 Å². The summed E-state index contributed by atoms with van der Waals surface area (Å²) in [5, 5.41) is 9.23. The molecule has 0 aliphatic carbocycles. The Morgan fingerprint density at radius 3 is 2.82 bits per heavy atom. The standard InChI is InChI=1S/C23H22ClN5O3S/c1-2-21(30)25-8-9-31-20-5-3-4-18-22(20)23(27-13-26-18)29-15-6-7-19(17(24)10-15)32-11-16-12-33-14-28-16/h3-7,10,12-14H,2,8-9,11H2,1H3,(H,25,30)(H,26,27,29). The number of halogens is 1. The van der Waals surface area contributed by atoms with E-state index < -0.39 is 0 Å². The van der Waals surface area contributed by atoms with Crippen molar-refractivity contribution in [2.45, 2.75) is 20.0 Å². The van der Waals surface area contributed by atoms with Gasteiger partial charge in [0.1, 0.15) is 36.9 Å². The molecule has 0 atom stereocenters. The molecule has 170 valence electrons. The van der Waals surface area contributed by atoms with E-state index in [9.17, 15) is 4.79 Å². The Morgan fingerprint density at radius 1 is 1.12 bits per heavy atom. The lowest BCUT2D eigenvalue weighted by atomic mass is 10.2. The van der Waals surface area contributed by atoms with E-state index in [0.717, 1.165) is 22.3 Å². The molecule has 0 aliphatic rings. The lowest BCUT2D eigenvalue weighted by molar-refractivity contribution is -0.120. The van der Waals surface area contributed by atoms with Crippen LogP contribution in [0.2, 0.25) is 5.02 Å². The van der Waals surface area contributed by atoms with Crippen LogP contribution in [0.3, 0.4) is 0 Å². The number of anilines is 2. The number of ether oxygens (including phenoxy) is 2. The average molecular weight is 484 g/mol. The zero-order valence-corrected chi connectivity index (χ0v) is 19.4. The number of carbonyl (C=O) groups is 1. The van der Waals surface area contributed by atoms with E-state index in [2.05, 4.69) is 25.6 Å². The third-order valence-electron chi connectivity index (χ3n) is 4.68. The molecule has 2 N–H and O–H groups in total. The normalized spacial score (nSPS) is 10.7. The van der Waals surface area contributed by atoms with E-state index in [1.54, 1.807) is 17.6 Å². The zero-order valence-electron chi connectivity index (χ0n) is 17.9. The van der Waals surface area contributed by atoms with E-state index in [1.807, 2.05) is 36.6 Å². The highest BCUT2D eigenvalue weighted by atomic mass is 35.5. The maximum absolute atomic E-state index is 11.4. The lowest BCUT2D eigenvalue weighted by Crippen LogP contribution is -2.27. The first kappa shape index (κ1) is 22.8. The van der Waals surface area contributed by atoms with Crippen LogP contribution in [0.15, 0.2) is 53.6 Å². The molecule has 0 saturated carbocycles. The SMILES string of the molecule is CCC(=O)NCCOc1cccc2ncnc(Nc3ccc(OCc4cscn4)c(Cl)c3)c12. The number of rotatable bonds is 10. The fourth-order valence-electron chi connectivity index (χ4n) is 3.06. The zero-order chi connectivity index (χ0) is 23.0. The predicted molar refractivity (Wildman–Crippen MR) is 130 cm³/mol. The summed E-state index contributed by atoms with van der Waals surface area (Å²) in [6.45, 7) is 2.90. The van der Waals surface area contributed by atoms with Gasteiger partial charge >= 0.3 is 0 Å². The van der Waals surface area contributed by atoms with Gasteiger partial charge in [-0.25, -0.2) is 15.0 Å². The molecule has 4 aromatic rings. The van der Waals surface area contributed by atoms with Crippen molar-refractivity contribution in [3.63, 3.8) is 0 Å². The summed E-state index contributed by atoms with van der Waals surface area (Å²) in [6, 6.07) is 11.0. The van der Waals surface area contributed by atoms with E-state index in [1.165, 1.54) is 17.7 Å². The van der Waals surface area contributed by atoms with Crippen LogP contribution < -0.4 is 20.1 Å². The van der Waals surface area contributed by atoms with Crippen LogP contribution in [-0.2, 0) is 11.4 Å². The quantitative estimate of drug-likeness (QED) is 0.307. The van der Waals surface area contributed by atoms with Gasteiger partial charge in [0.15, 0.2) is 0 Å². The molecule has 0 saturated heterocycles. The summed E-state index contributed by atoms with van der Waals surface area (Å²) in [7, 11) is 0. The molecule has 2 heterocycles. The van der Waals surface area contributed by atoms with Crippen LogP contribution >= 0.6 is 22.9 Å². The van der Waals surface area contributed by atoms with Crippen molar-refractivity contribution in [3.8, 4) is 11.5 Å². The number of fused-ring (bicyclic) bond motifs is 1. The summed E-state index contributed by atoms with van der Waals surface area (Å²) < 4.78 is 11.7. The number of carbonyl (C=O) groups excluding carboxylic acids is 1. The van der Waals surface area contributed by atoms with Gasteiger partial charge in [0.25, 0.3) is 0 Å². The van der Waals surface area contributed by atoms with E-state index in [4.69, 9.17) is 21.1 Å². The first-order valence-corrected chi connectivity index (χ1v) is 11.7. The maximum Gasteiger partial charge on any atom is 0.219 e. The van der Waals surface area contributed by atoms with Crippen molar-refractivity contribution < 1.29 is 14.3 Å². The summed E-state index contributed by atoms with van der Waals surface area (Å²) in [5.41, 5.74) is 4.09. The summed E-state index contributed by atoms with van der Waals surface area (Å²) in [4.78, 5) is 24.4. The van der Waals surface area contributed by atoms with E-state index in [0.29, 0.717) is 48.5 Å². The first-order valence-electron chi connectivity index (χ1n) is 10.3. The minimum absolute atomic E-state index is 0.0156. The van der Waals surface area contributed by atoms with Gasteiger partial charge in [0, 0.05) is 17.5 Å². The monoisotopic (exact) mass is 483 g/mol. The molecule has 2 aromatic heterocycles. The highest BCUT2D eigenvalue weighted by molar-refractivity contribution is 7.07. The molecule has 8 nitrogen and oxygen atoms in total. The second-order valence-corrected chi connectivity index (χ2v) is 8.09. The van der Waals surface area contributed by atoms with Gasteiger partial charge in [-0.3, -0.25) is 4.79 Å². The topological polar surface area (TPSA) is 98.3 Å². The number of benzene rings is 2. The number of nitrogens with zero attached hydrogens (tertiary/aromatic N) is 3. The summed E-state index contributed by atoms with van der Waals surface area (Å²) in [5.74, 6) is 1.76. The molecule has 0 aliphatic heterocycles. The van der Waals surface area contributed by atoms with E-state index in [-0.39, 0.29) is 5.91 Å². The summed E-state index contributed by atoms with van der Waals surface area (Å²) in [6.07, 6.45) is 1.93. The third-order valence-corrected chi connectivity index (χ3v) is 5.61. The van der Waals surface area contributed by atoms with Crippen molar-refractivity contribution in [3.05, 3.63) is 64.3 Å². The number of thiazole rings is 1. The van der Waals surface area contributed by atoms with Crippen molar-refractivity contribution in [1.82, 2.24) is 20.3 Å². The molecule has 0 unspecified atom stereocenters. The third kappa shape index (κ3) is 5.88. The van der Waals surface area contributed by atoms with Crippen molar-refractivity contribution in [1.29, 1.82) is 0 Å². The van der Waals surface area contributed by atoms with Crippen LogP contribution in [0.25, 0.3) is 10.9 Å². The van der Waals surface area contributed by atoms with Gasteiger partial charge in [-0.15, -0.1) is 11.3 Å². The van der Waals surface area contributed by atoms with Crippen LogP contribution in [-0.4, -0.2) is 34.0 Å². The first-order chi connectivity index (χ1) is 16.1. The molecule has 0 spiro atoms. The number of aromatic nitrogens is 3. The lowest BCUT2D eigenvalue weighted by Gasteiger charge is -2.14. The highest BCUT2D eigenvalue weighted by Crippen LogP contribution is 2.34. The molecule has 10 heteroatoms. The largest absolute Gasteiger partial charge is 0.491 e. The second kappa shape index (κ2) is 10.9. The van der Waals surface area contributed by atoms with E-state index >= 15 is 0 Å². The molecule has 1 amide bonds. The molecule has 4 rings (SSSR count). The Bertz CT molecular complexity index is 1230. The highest BCUT2D eigenvalue weighted by Gasteiger charge is 2.12. The van der Waals surface area contributed by atoms with Crippen LogP contribution in [0.5, 0.6) is 11.5 Å². The predicted octanol–water partition coefficient (Wildman–Crippen LogP) is 4.97. The minimum Gasteiger partial charge on any atom is -0.491 e. The fourth-order valence-corrected chi connectivity index (χ4v) is 3.84. The van der Waals surface area contributed by atoms with Gasteiger partial charge in [0.05, 0.1) is 33.7 Å². The van der Waals surface area contributed by atoms with Crippen LogP contribution in [0.4, 0.5) is 11.5 Å². The summed E-state index contributed by atoms with van der Waals surface area (Å²) >= 11 is 7.95. The Morgan fingerprint density at radius 2 is 2.03 bits per heavy atom. The molecular weight excluding hydrogens is 462 g/mol. The molecule has 0 bridgehead atoms. The smallest absolute Gasteiger partial charge is 0.219 e. The van der Waals surface area contributed by atoms with Gasteiger partial charge < -0.3 is 20.1 Å². The molecular formula is C23H22ClN5O3S. The van der Waals surface area contributed by atoms with Crippen molar-refractivity contribution >= 4 is 51.3 Å². The van der Waals surface area contributed by atoms with Crippen LogP contribution in [0.1, 0.15) is 19.0 Å². The second-order valence-electron chi connectivity index (χ2n) is 6.96. The molecule has 33 heavy (non-hydrogen) atoms. The number of hydrogen-bond acceptors (Lipinski definition) is 8. The van der Waals surface area contributed by atoms with Crippen LogP contribution in [0, 0.1) is 0 Å². The Labute approximate surface area is 200 Å². The van der Waals surface area contributed by atoms with Gasteiger partial charge in [-0.05, 0) is 30.3 Å².